The summed E-state index contributed by atoms with van der Waals surface area (Å²) in [6.45, 7) is 0.611. The van der Waals surface area contributed by atoms with E-state index < -0.39 is 23.8 Å². The standard InChI is InChI=1S/C20H19F4N7O/c21-14-3-1-2-13(17(14)31-27-4-5-28-31)18(32)30-10-11-6-15(16(30)7-11)29-19-25-8-12(9-26-19)20(22,23)24/h1-5,8-9,11,15-16,18,32H,6-7,10H2,(H,25,26,29)/t11?,15?,16?,18-/m1/s1. The molecule has 1 saturated carbocycles. The number of benzene rings is 1. The van der Waals surface area contributed by atoms with Crippen LogP contribution in [0.15, 0.2) is 43.0 Å². The van der Waals surface area contributed by atoms with Crippen LogP contribution in [0.1, 0.15) is 30.2 Å². The Balaban J connectivity index is 1.36. The molecule has 1 aliphatic heterocycles. The van der Waals surface area contributed by atoms with Gasteiger partial charge >= 0.3 is 6.18 Å². The van der Waals surface area contributed by atoms with E-state index in [1.54, 1.807) is 6.07 Å². The van der Waals surface area contributed by atoms with E-state index in [1.165, 1.54) is 24.5 Å². The Morgan fingerprint density at radius 3 is 2.47 bits per heavy atom. The minimum absolute atomic E-state index is 0.0726. The van der Waals surface area contributed by atoms with Crippen LogP contribution in [0.25, 0.3) is 5.69 Å². The molecule has 5 rings (SSSR count). The molecule has 2 N–H and O–H groups in total. The summed E-state index contributed by atoms with van der Waals surface area (Å²) in [6.07, 6.45) is 0.276. The Morgan fingerprint density at radius 2 is 1.81 bits per heavy atom. The van der Waals surface area contributed by atoms with Crippen LogP contribution >= 0.6 is 0 Å². The van der Waals surface area contributed by atoms with Gasteiger partial charge in [0, 0.05) is 36.6 Å². The van der Waals surface area contributed by atoms with Gasteiger partial charge < -0.3 is 10.4 Å². The van der Waals surface area contributed by atoms with Crippen LogP contribution in [0.5, 0.6) is 0 Å². The maximum absolute atomic E-state index is 14.6. The van der Waals surface area contributed by atoms with Gasteiger partial charge in [0.15, 0.2) is 5.82 Å². The highest BCUT2D eigenvalue weighted by Gasteiger charge is 2.48. The van der Waals surface area contributed by atoms with Crippen molar-refractivity contribution in [3.63, 3.8) is 0 Å². The normalized spacial score (nSPS) is 24.1. The fourth-order valence-electron chi connectivity index (χ4n) is 4.68. The topological polar surface area (TPSA) is 92.0 Å². The Labute approximate surface area is 179 Å². The van der Waals surface area contributed by atoms with Crippen LogP contribution in [-0.4, -0.2) is 53.6 Å². The van der Waals surface area contributed by atoms with Crippen LogP contribution < -0.4 is 5.32 Å². The number of piperidine rings is 1. The van der Waals surface area contributed by atoms with Gasteiger partial charge in [0.25, 0.3) is 0 Å². The van der Waals surface area contributed by atoms with Gasteiger partial charge in [-0.25, -0.2) is 14.4 Å². The lowest BCUT2D eigenvalue weighted by Crippen LogP contribution is -2.46. The summed E-state index contributed by atoms with van der Waals surface area (Å²) in [4.78, 5) is 10.6. The SMILES string of the molecule is O[C@H](c1cccc(F)c1-n1nccn1)N1CC2CC(Nc3ncc(C(F)(F)F)cn3)C1C2. The molecule has 1 aliphatic carbocycles. The average Bonchev–Trinajstić information content (AvgIpc) is 3.50. The highest BCUT2D eigenvalue weighted by molar-refractivity contribution is 5.42. The van der Waals surface area contributed by atoms with Crippen LogP contribution in [0.4, 0.5) is 23.5 Å². The zero-order chi connectivity index (χ0) is 22.5. The van der Waals surface area contributed by atoms with Crippen molar-refractivity contribution < 1.29 is 22.7 Å². The smallest absolute Gasteiger partial charge is 0.374 e. The van der Waals surface area contributed by atoms with Crippen LogP contribution in [-0.2, 0) is 6.18 Å². The van der Waals surface area contributed by atoms with Gasteiger partial charge in [-0.2, -0.15) is 23.4 Å². The largest absolute Gasteiger partial charge is 0.419 e. The first kappa shape index (κ1) is 20.8. The average molecular weight is 449 g/mol. The maximum Gasteiger partial charge on any atom is 0.419 e. The van der Waals surface area contributed by atoms with Crippen LogP contribution in [0.2, 0.25) is 0 Å². The lowest BCUT2D eigenvalue weighted by Gasteiger charge is -2.37. The summed E-state index contributed by atoms with van der Waals surface area (Å²) in [5, 5.41) is 22.2. The van der Waals surface area contributed by atoms with Gasteiger partial charge in [0.1, 0.15) is 11.9 Å². The molecule has 32 heavy (non-hydrogen) atoms. The first-order chi connectivity index (χ1) is 15.3. The van der Waals surface area contributed by atoms with E-state index in [9.17, 15) is 22.7 Å². The van der Waals surface area contributed by atoms with Crippen molar-refractivity contribution in [2.24, 2.45) is 5.92 Å². The predicted octanol–water partition coefficient (Wildman–Crippen LogP) is 2.78. The summed E-state index contributed by atoms with van der Waals surface area (Å²) < 4.78 is 52.8. The molecule has 0 amide bonds. The zero-order valence-electron chi connectivity index (χ0n) is 16.6. The van der Waals surface area contributed by atoms with E-state index in [1.807, 2.05) is 4.90 Å². The molecular formula is C20H19F4N7O. The number of anilines is 1. The third kappa shape index (κ3) is 3.69. The summed E-state index contributed by atoms with van der Waals surface area (Å²) in [7, 11) is 0. The van der Waals surface area contributed by atoms with Gasteiger partial charge in [0.05, 0.1) is 18.0 Å². The molecule has 2 fully saturated rings. The summed E-state index contributed by atoms with van der Waals surface area (Å²) in [6, 6.07) is 4.13. The highest BCUT2D eigenvalue weighted by Crippen LogP contribution is 2.43. The third-order valence-electron chi connectivity index (χ3n) is 6.04. The molecule has 3 heterocycles. The van der Waals surface area contributed by atoms with Crippen molar-refractivity contribution >= 4 is 5.95 Å². The number of halogens is 4. The van der Waals surface area contributed by atoms with E-state index in [0.29, 0.717) is 12.1 Å². The lowest BCUT2D eigenvalue weighted by atomic mass is 10.0. The molecule has 2 aromatic heterocycles. The first-order valence-corrected chi connectivity index (χ1v) is 10.1. The summed E-state index contributed by atoms with van der Waals surface area (Å²) in [5.41, 5.74) is -0.513. The number of fused-ring (bicyclic) bond motifs is 2. The van der Waals surface area contributed by atoms with Gasteiger partial charge in [-0.3, -0.25) is 4.90 Å². The second-order valence-electron chi connectivity index (χ2n) is 8.02. The van der Waals surface area contributed by atoms with Crippen LogP contribution in [0, 0.1) is 11.7 Å². The molecule has 1 saturated heterocycles. The Bertz CT molecular complexity index is 1090. The predicted molar refractivity (Wildman–Crippen MR) is 104 cm³/mol. The number of para-hydroxylation sites is 1. The molecule has 3 aromatic rings. The molecule has 168 valence electrons. The quantitative estimate of drug-likeness (QED) is 0.579. The molecule has 2 bridgehead atoms. The van der Waals surface area contributed by atoms with Crippen molar-refractivity contribution in [2.45, 2.75) is 37.3 Å². The molecule has 2 aliphatic rings. The molecule has 0 radical (unpaired) electrons. The lowest BCUT2D eigenvalue weighted by molar-refractivity contribution is -0.138. The number of aromatic nitrogens is 5. The molecule has 1 aromatic carbocycles. The van der Waals surface area contributed by atoms with Gasteiger partial charge in [0.2, 0.25) is 5.95 Å². The van der Waals surface area contributed by atoms with E-state index in [2.05, 4.69) is 25.5 Å². The van der Waals surface area contributed by atoms with E-state index >= 15 is 0 Å². The number of nitrogens with zero attached hydrogens (tertiary/aromatic N) is 6. The first-order valence-electron chi connectivity index (χ1n) is 10.1. The highest BCUT2D eigenvalue weighted by atomic mass is 19.4. The summed E-state index contributed by atoms with van der Waals surface area (Å²) >= 11 is 0. The fraction of sp³-hybridized carbons (Fsp3) is 0.400. The number of likely N-dealkylation sites (tertiary alicyclic amines) is 1. The van der Waals surface area contributed by atoms with Crippen LogP contribution in [0.3, 0.4) is 0 Å². The zero-order valence-corrected chi connectivity index (χ0v) is 16.6. The number of alkyl halides is 3. The fourth-order valence-corrected chi connectivity index (χ4v) is 4.68. The number of aliphatic hydroxyl groups is 1. The number of hydrogen-bond acceptors (Lipinski definition) is 7. The Morgan fingerprint density at radius 1 is 1.09 bits per heavy atom. The summed E-state index contributed by atoms with van der Waals surface area (Å²) in [5.74, 6) is -0.187. The molecular weight excluding hydrogens is 430 g/mol. The van der Waals surface area contributed by atoms with Gasteiger partial charge in [-0.05, 0) is 24.8 Å². The van der Waals surface area contributed by atoms with Crippen molar-refractivity contribution in [3.05, 3.63) is 59.9 Å². The number of nitrogens with one attached hydrogen (secondary N) is 1. The second kappa shape index (κ2) is 7.78. The minimum atomic E-state index is -4.50. The minimum Gasteiger partial charge on any atom is -0.374 e. The van der Waals surface area contributed by atoms with E-state index in [-0.39, 0.29) is 29.6 Å². The number of rotatable bonds is 5. The Kier molecular flexibility index (Phi) is 5.05. The van der Waals surface area contributed by atoms with Crippen molar-refractivity contribution in [2.75, 3.05) is 11.9 Å². The molecule has 8 nitrogen and oxygen atoms in total. The molecule has 0 spiro atoms. The van der Waals surface area contributed by atoms with Crippen molar-refractivity contribution in [3.8, 4) is 5.69 Å². The maximum atomic E-state index is 14.6. The second-order valence-corrected chi connectivity index (χ2v) is 8.02. The van der Waals surface area contributed by atoms with E-state index in [0.717, 1.165) is 30.0 Å². The third-order valence-corrected chi connectivity index (χ3v) is 6.04. The van der Waals surface area contributed by atoms with Gasteiger partial charge in [-0.1, -0.05) is 12.1 Å². The monoisotopic (exact) mass is 449 g/mol. The van der Waals surface area contributed by atoms with Gasteiger partial charge in [-0.15, -0.1) is 4.80 Å². The molecule has 4 atom stereocenters. The Hall–Kier alpha value is -3.12. The van der Waals surface area contributed by atoms with E-state index in [4.69, 9.17) is 0 Å². The molecule has 12 heteroatoms. The number of hydrogen-bond donors (Lipinski definition) is 2. The molecule has 3 unspecified atom stereocenters. The number of aliphatic hydroxyl groups excluding tert-OH is 1. The van der Waals surface area contributed by atoms with Crippen molar-refractivity contribution in [1.82, 2.24) is 29.9 Å². The van der Waals surface area contributed by atoms with Crippen molar-refractivity contribution in [1.29, 1.82) is 0 Å².